The molecule has 8 nitrogen and oxygen atoms in total. The predicted octanol–water partition coefficient (Wildman–Crippen LogP) is -1.74. The monoisotopic (exact) mass is 296 g/mol. The van der Waals surface area contributed by atoms with E-state index in [2.05, 4.69) is 9.47 Å². The first-order chi connectivity index (χ1) is 9.23. The van der Waals surface area contributed by atoms with Crippen molar-refractivity contribution in [3.63, 3.8) is 0 Å². The Kier molecular flexibility index (Phi) is 5.81. The summed E-state index contributed by atoms with van der Waals surface area (Å²) < 4.78 is 27.7. The lowest BCUT2D eigenvalue weighted by molar-refractivity contribution is -0.298. The molecule has 0 aromatic heterocycles. The van der Waals surface area contributed by atoms with Crippen molar-refractivity contribution < 1.29 is 43.5 Å². The Bertz CT molecular complexity index is 362. The molecule has 0 aromatic rings. The molecule has 6 atom stereocenters. The number of alkyl halides is 1. The van der Waals surface area contributed by atoms with Crippen molar-refractivity contribution >= 4 is 11.9 Å². The number of carbonyl (C=O) groups is 2. The lowest BCUT2D eigenvalue weighted by atomic mass is 9.96. The Labute approximate surface area is 114 Å². The van der Waals surface area contributed by atoms with E-state index in [1.165, 1.54) is 0 Å². The van der Waals surface area contributed by atoms with Gasteiger partial charge in [0, 0.05) is 13.8 Å². The highest BCUT2D eigenvalue weighted by Gasteiger charge is 2.48. The molecule has 0 aromatic carbocycles. The van der Waals surface area contributed by atoms with Gasteiger partial charge in [0.05, 0.1) is 0 Å². The second-order valence-electron chi connectivity index (χ2n) is 4.37. The Morgan fingerprint density at radius 3 is 2.25 bits per heavy atom. The van der Waals surface area contributed by atoms with Gasteiger partial charge in [-0.15, -0.1) is 0 Å². The maximum Gasteiger partial charge on any atom is 0.305 e. The number of carbonyl (C=O) groups excluding carboxylic acids is 2. The van der Waals surface area contributed by atoms with Gasteiger partial charge in [-0.3, -0.25) is 9.59 Å². The van der Waals surface area contributed by atoms with Crippen molar-refractivity contribution in [1.82, 2.24) is 0 Å². The van der Waals surface area contributed by atoms with Crippen molar-refractivity contribution in [1.29, 1.82) is 0 Å². The molecule has 1 heterocycles. The van der Waals surface area contributed by atoms with E-state index in [0.717, 1.165) is 13.8 Å². The molecule has 9 heteroatoms. The highest BCUT2D eigenvalue weighted by atomic mass is 19.1. The molecular formula is C11H17FO8. The van der Waals surface area contributed by atoms with Crippen molar-refractivity contribution in [3.05, 3.63) is 0 Å². The highest BCUT2D eigenvalue weighted by molar-refractivity contribution is 5.66. The molecule has 1 aliphatic rings. The first-order valence-electron chi connectivity index (χ1n) is 5.88. The minimum atomic E-state index is -1.96. The zero-order valence-electron chi connectivity index (χ0n) is 10.9. The molecule has 0 saturated carbocycles. The molecule has 0 radical (unpaired) electrons. The average Bonchev–Trinajstić information content (AvgIpc) is 2.36. The van der Waals surface area contributed by atoms with E-state index in [0.29, 0.717) is 0 Å². The molecule has 0 aliphatic carbocycles. The van der Waals surface area contributed by atoms with Crippen LogP contribution in [0.4, 0.5) is 4.39 Å². The maximum atomic E-state index is 13.8. The van der Waals surface area contributed by atoms with Crippen LogP contribution in [-0.2, 0) is 23.8 Å². The summed E-state index contributed by atoms with van der Waals surface area (Å²) in [5.41, 5.74) is 0. The topological polar surface area (TPSA) is 123 Å². The standard InChI is InChI=1S/C11H17FO8/c1-4(13)18-3-6(12)10-8(16)7(15)9(17)11(20-10)19-5(2)14/h6-11,15-17H,3H2,1-2H3/t6-,7-,8-,9-,10+,11?/m0/s1. The fourth-order valence-electron chi connectivity index (χ4n) is 1.73. The van der Waals surface area contributed by atoms with Gasteiger partial charge in [0.25, 0.3) is 0 Å². The van der Waals surface area contributed by atoms with Gasteiger partial charge in [-0.2, -0.15) is 0 Å². The predicted molar refractivity (Wildman–Crippen MR) is 60.0 cm³/mol. The van der Waals surface area contributed by atoms with Gasteiger partial charge in [0.15, 0.2) is 6.17 Å². The number of rotatable bonds is 4. The summed E-state index contributed by atoms with van der Waals surface area (Å²) >= 11 is 0. The van der Waals surface area contributed by atoms with Gasteiger partial charge in [0.1, 0.15) is 31.0 Å². The molecule has 0 bridgehead atoms. The third-order valence-corrected chi connectivity index (χ3v) is 2.69. The molecule has 116 valence electrons. The molecular weight excluding hydrogens is 279 g/mol. The van der Waals surface area contributed by atoms with Gasteiger partial charge in [-0.05, 0) is 0 Å². The van der Waals surface area contributed by atoms with Crippen LogP contribution in [0.1, 0.15) is 13.8 Å². The van der Waals surface area contributed by atoms with E-state index in [4.69, 9.17) is 4.74 Å². The van der Waals surface area contributed by atoms with E-state index in [1.807, 2.05) is 0 Å². The van der Waals surface area contributed by atoms with Gasteiger partial charge >= 0.3 is 11.9 Å². The summed E-state index contributed by atoms with van der Waals surface area (Å²) in [4.78, 5) is 21.4. The van der Waals surface area contributed by atoms with Crippen LogP contribution in [0.2, 0.25) is 0 Å². The first-order valence-corrected chi connectivity index (χ1v) is 5.88. The second-order valence-corrected chi connectivity index (χ2v) is 4.37. The maximum absolute atomic E-state index is 13.8. The number of hydrogen-bond acceptors (Lipinski definition) is 8. The van der Waals surface area contributed by atoms with Crippen LogP contribution in [0, 0.1) is 0 Å². The van der Waals surface area contributed by atoms with Crippen LogP contribution in [0.25, 0.3) is 0 Å². The Morgan fingerprint density at radius 2 is 1.75 bits per heavy atom. The van der Waals surface area contributed by atoms with Crippen LogP contribution in [-0.4, -0.2) is 70.7 Å². The molecule has 20 heavy (non-hydrogen) atoms. The minimum Gasteiger partial charge on any atom is -0.463 e. The van der Waals surface area contributed by atoms with Gasteiger partial charge in [-0.25, -0.2) is 4.39 Å². The summed E-state index contributed by atoms with van der Waals surface area (Å²) in [6.45, 7) is 1.41. The normalized spacial score (nSPS) is 35.2. The zero-order valence-corrected chi connectivity index (χ0v) is 10.9. The van der Waals surface area contributed by atoms with Crippen LogP contribution in [0.3, 0.4) is 0 Å². The smallest absolute Gasteiger partial charge is 0.305 e. The van der Waals surface area contributed by atoms with Crippen LogP contribution in [0.15, 0.2) is 0 Å². The Balaban J connectivity index is 2.73. The summed E-state index contributed by atoms with van der Waals surface area (Å²) in [5.74, 6) is -1.54. The van der Waals surface area contributed by atoms with Crippen LogP contribution in [0.5, 0.6) is 0 Å². The van der Waals surface area contributed by atoms with Crippen LogP contribution < -0.4 is 0 Å². The quantitative estimate of drug-likeness (QED) is 0.522. The largest absolute Gasteiger partial charge is 0.463 e. The highest BCUT2D eigenvalue weighted by Crippen LogP contribution is 2.25. The van der Waals surface area contributed by atoms with Crippen molar-refractivity contribution in [2.75, 3.05) is 6.61 Å². The minimum absolute atomic E-state index is 0.702. The van der Waals surface area contributed by atoms with Crippen LogP contribution >= 0.6 is 0 Å². The Morgan fingerprint density at radius 1 is 1.15 bits per heavy atom. The number of ether oxygens (including phenoxy) is 3. The van der Waals surface area contributed by atoms with Gasteiger partial charge in [0.2, 0.25) is 6.29 Å². The van der Waals surface area contributed by atoms with Crippen molar-refractivity contribution in [2.45, 2.75) is 50.7 Å². The number of hydrogen-bond donors (Lipinski definition) is 3. The second kappa shape index (κ2) is 6.93. The average molecular weight is 296 g/mol. The number of halogens is 1. The third-order valence-electron chi connectivity index (χ3n) is 2.69. The van der Waals surface area contributed by atoms with E-state index < -0.39 is 55.4 Å². The Hall–Kier alpha value is -1.29. The van der Waals surface area contributed by atoms with E-state index >= 15 is 0 Å². The molecule has 1 rings (SSSR count). The van der Waals surface area contributed by atoms with Crippen molar-refractivity contribution in [3.8, 4) is 0 Å². The fraction of sp³-hybridized carbons (Fsp3) is 0.818. The lowest BCUT2D eigenvalue weighted by Gasteiger charge is -2.40. The summed E-state index contributed by atoms with van der Waals surface area (Å²) in [5, 5.41) is 28.8. The molecule has 0 amide bonds. The van der Waals surface area contributed by atoms with E-state index in [9.17, 15) is 29.3 Å². The summed E-state index contributed by atoms with van der Waals surface area (Å²) in [6.07, 6.45) is -10.4. The number of aliphatic hydroxyl groups is 3. The molecule has 1 saturated heterocycles. The molecule has 1 fully saturated rings. The number of esters is 2. The van der Waals surface area contributed by atoms with E-state index in [-0.39, 0.29) is 0 Å². The summed E-state index contributed by atoms with van der Waals surface area (Å²) in [6, 6.07) is 0. The molecule has 1 unspecified atom stereocenters. The third kappa shape index (κ3) is 4.10. The molecule has 1 aliphatic heterocycles. The van der Waals surface area contributed by atoms with Gasteiger partial charge < -0.3 is 29.5 Å². The fourth-order valence-corrected chi connectivity index (χ4v) is 1.73. The SMILES string of the molecule is CC(=O)OC[C@H](F)[C@H]1OC(OC(C)=O)[C@@H](O)[C@@H](O)[C@@H]1O. The lowest BCUT2D eigenvalue weighted by Crippen LogP contribution is -2.61. The summed E-state index contributed by atoms with van der Waals surface area (Å²) in [7, 11) is 0. The zero-order chi connectivity index (χ0) is 15.4. The molecule has 3 N–H and O–H groups in total. The van der Waals surface area contributed by atoms with Crippen molar-refractivity contribution in [2.24, 2.45) is 0 Å². The molecule has 0 spiro atoms. The van der Waals surface area contributed by atoms with Gasteiger partial charge in [-0.1, -0.05) is 0 Å². The number of aliphatic hydroxyl groups excluding tert-OH is 3. The van der Waals surface area contributed by atoms with E-state index in [1.54, 1.807) is 0 Å². The first kappa shape index (κ1) is 16.8.